The van der Waals surface area contributed by atoms with Crippen molar-refractivity contribution in [2.45, 2.75) is 180 Å². The number of allylic oxidation sites excluding steroid dienone is 10. The van der Waals surface area contributed by atoms with E-state index in [1.54, 1.807) is 0 Å². The summed E-state index contributed by atoms with van der Waals surface area (Å²) in [6.45, 7) is 2.27. The molecule has 0 aliphatic rings. The number of ether oxygens (including phenoxy) is 2. The van der Waals surface area contributed by atoms with Crippen LogP contribution in [0.4, 0.5) is 0 Å². The first kappa shape index (κ1) is 52.7. The summed E-state index contributed by atoms with van der Waals surface area (Å²) in [6.07, 6.45) is 43.2. The molecular weight excluding hydrogens is 719 g/mol. The van der Waals surface area contributed by atoms with E-state index in [0.717, 1.165) is 89.9 Å². The highest BCUT2D eigenvalue weighted by Gasteiger charge is 2.27. The number of carbonyl (C=O) groups is 2. The lowest BCUT2D eigenvalue weighted by atomic mass is 10.1. The molecule has 0 rings (SSSR count). The standard InChI is InChI=1S/C44H77O10P/c1-3-5-7-9-11-13-15-17-19-20-22-24-26-28-30-32-34-36-44(48)54-42(40-53-55(49,50)52-38-41(46)37-45)39-51-43(47)35-33-31-29-27-25-23-21-18-16-14-12-10-8-6-4-2/h11-14,17-19,21-22,24,41-42,45-46H,3-10,15-16,20,23,25-40H2,1-2H3,(H,49,50)/t41-,42+/m0/s1. The molecule has 0 aromatic heterocycles. The molecule has 318 valence electrons. The molecule has 11 heteroatoms. The van der Waals surface area contributed by atoms with Crippen LogP contribution in [-0.4, -0.2) is 65.7 Å². The van der Waals surface area contributed by atoms with Gasteiger partial charge in [-0.05, 0) is 83.5 Å². The highest BCUT2D eigenvalue weighted by molar-refractivity contribution is 7.47. The second-order valence-electron chi connectivity index (χ2n) is 14.0. The number of rotatable bonds is 39. The molecule has 0 saturated carbocycles. The zero-order chi connectivity index (χ0) is 40.5. The average molecular weight is 797 g/mol. The predicted molar refractivity (Wildman–Crippen MR) is 224 cm³/mol. The zero-order valence-corrected chi connectivity index (χ0v) is 35.3. The summed E-state index contributed by atoms with van der Waals surface area (Å²) in [7, 11) is -4.63. The van der Waals surface area contributed by atoms with Crippen LogP contribution in [0.25, 0.3) is 0 Å². The lowest BCUT2D eigenvalue weighted by Crippen LogP contribution is -2.29. The van der Waals surface area contributed by atoms with Crippen molar-refractivity contribution in [3.05, 3.63) is 60.8 Å². The molecule has 0 fully saturated rings. The van der Waals surface area contributed by atoms with Gasteiger partial charge in [-0.3, -0.25) is 18.6 Å². The molecule has 3 N–H and O–H groups in total. The first-order valence-electron chi connectivity index (χ1n) is 21.2. The maximum Gasteiger partial charge on any atom is 0.472 e. The number of hydrogen-bond acceptors (Lipinski definition) is 9. The van der Waals surface area contributed by atoms with Crippen molar-refractivity contribution in [2.24, 2.45) is 0 Å². The van der Waals surface area contributed by atoms with Gasteiger partial charge < -0.3 is 24.6 Å². The number of phosphoric ester groups is 1. The van der Waals surface area contributed by atoms with E-state index < -0.39 is 51.8 Å². The molecule has 1 unspecified atom stereocenters. The SMILES string of the molecule is CCCCCC=CCC=CCC=CCCCCCCC(=O)O[C@H](COC(=O)CCCCCCCC=CCC=CCCCCC)COP(=O)(O)OC[C@@H](O)CO. The van der Waals surface area contributed by atoms with Crippen molar-refractivity contribution in [3.8, 4) is 0 Å². The molecule has 0 spiro atoms. The van der Waals surface area contributed by atoms with Crippen LogP contribution < -0.4 is 0 Å². The Morgan fingerprint density at radius 2 is 0.945 bits per heavy atom. The van der Waals surface area contributed by atoms with Gasteiger partial charge in [0.2, 0.25) is 0 Å². The Kier molecular flexibility index (Phi) is 38.2. The fraction of sp³-hybridized carbons (Fsp3) is 0.727. The van der Waals surface area contributed by atoms with Gasteiger partial charge in [0.1, 0.15) is 12.7 Å². The molecule has 3 atom stereocenters. The number of aliphatic hydroxyl groups excluding tert-OH is 2. The molecular formula is C44H77O10P. The molecule has 0 radical (unpaired) electrons. The number of esters is 2. The molecule has 0 aromatic carbocycles. The number of unbranched alkanes of at least 4 members (excludes halogenated alkanes) is 15. The lowest BCUT2D eigenvalue weighted by Gasteiger charge is -2.20. The third-order valence-electron chi connectivity index (χ3n) is 8.64. The van der Waals surface area contributed by atoms with Crippen LogP contribution in [0, 0.1) is 0 Å². The van der Waals surface area contributed by atoms with Gasteiger partial charge in [0.25, 0.3) is 0 Å². The Hall–Kier alpha value is -2.33. The molecule has 0 aromatic rings. The van der Waals surface area contributed by atoms with Gasteiger partial charge in [-0.1, -0.05) is 132 Å². The third kappa shape index (κ3) is 39.7. The van der Waals surface area contributed by atoms with Gasteiger partial charge >= 0.3 is 19.8 Å². The number of hydrogen-bond donors (Lipinski definition) is 3. The van der Waals surface area contributed by atoms with Gasteiger partial charge in [0.05, 0.1) is 19.8 Å². The minimum Gasteiger partial charge on any atom is -0.462 e. The second kappa shape index (κ2) is 39.9. The first-order valence-corrected chi connectivity index (χ1v) is 22.7. The van der Waals surface area contributed by atoms with Crippen molar-refractivity contribution in [1.29, 1.82) is 0 Å². The largest absolute Gasteiger partial charge is 0.472 e. The summed E-state index contributed by atoms with van der Waals surface area (Å²) in [4.78, 5) is 35.0. The molecule has 55 heavy (non-hydrogen) atoms. The number of carbonyl (C=O) groups excluding carboxylic acids is 2. The van der Waals surface area contributed by atoms with Crippen LogP contribution in [0.2, 0.25) is 0 Å². The molecule has 0 saturated heterocycles. The molecule has 0 amide bonds. The smallest absolute Gasteiger partial charge is 0.462 e. The topological polar surface area (TPSA) is 149 Å². The van der Waals surface area contributed by atoms with Crippen molar-refractivity contribution < 1.29 is 47.8 Å². The molecule has 10 nitrogen and oxygen atoms in total. The average Bonchev–Trinajstić information content (AvgIpc) is 3.17. The van der Waals surface area contributed by atoms with Crippen molar-refractivity contribution >= 4 is 19.8 Å². The van der Waals surface area contributed by atoms with Crippen molar-refractivity contribution in [2.75, 3.05) is 26.4 Å². The summed E-state index contributed by atoms with van der Waals surface area (Å²) < 4.78 is 32.7. The summed E-state index contributed by atoms with van der Waals surface area (Å²) in [5.41, 5.74) is 0. The van der Waals surface area contributed by atoms with E-state index in [1.165, 1.54) is 38.5 Å². The molecule has 0 heterocycles. The van der Waals surface area contributed by atoms with Gasteiger partial charge in [-0.25, -0.2) is 4.57 Å². The fourth-order valence-electron chi connectivity index (χ4n) is 5.32. The molecule has 0 aliphatic carbocycles. The fourth-order valence-corrected chi connectivity index (χ4v) is 6.11. The van der Waals surface area contributed by atoms with E-state index in [2.05, 4.69) is 79.1 Å². The molecule has 0 bridgehead atoms. The van der Waals surface area contributed by atoms with Crippen LogP contribution >= 0.6 is 7.82 Å². The highest BCUT2D eigenvalue weighted by Crippen LogP contribution is 2.43. The van der Waals surface area contributed by atoms with Crippen molar-refractivity contribution in [3.63, 3.8) is 0 Å². The van der Waals surface area contributed by atoms with E-state index >= 15 is 0 Å². The van der Waals surface area contributed by atoms with E-state index in [4.69, 9.17) is 19.1 Å². The van der Waals surface area contributed by atoms with Crippen LogP contribution in [0.15, 0.2) is 60.8 Å². The normalized spacial score (nSPS) is 14.5. The zero-order valence-electron chi connectivity index (χ0n) is 34.4. The third-order valence-corrected chi connectivity index (χ3v) is 9.60. The Bertz CT molecular complexity index is 1100. The van der Waals surface area contributed by atoms with E-state index in [-0.39, 0.29) is 19.4 Å². The van der Waals surface area contributed by atoms with Gasteiger partial charge in [0.15, 0.2) is 6.10 Å². The first-order chi connectivity index (χ1) is 26.7. The van der Waals surface area contributed by atoms with Crippen LogP contribution in [0.1, 0.15) is 168 Å². The Morgan fingerprint density at radius 1 is 0.545 bits per heavy atom. The summed E-state index contributed by atoms with van der Waals surface area (Å²) in [5.74, 6) is -0.970. The Labute approximate surface area is 334 Å². The lowest BCUT2D eigenvalue weighted by molar-refractivity contribution is -0.161. The Balaban J connectivity index is 4.39. The van der Waals surface area contributed by atoms with Crippen molar-refractivity contribution in [1.82, 2.24) is 0 Å². The quantitative estimate of drug-likeness (QED) is 0.0237. The maximum atomic E-state index is 12.6. The van der Waals surface area contributed by atoms with Crippen LogP contribution in [0.3, 0.4) is 0 Å². The maximum absolute atomic E-state index is 12.6. The van der Waals surface area contributed by atoms with Gasteiger partial charge in [0, 0.05) is 12.8 Å². The predicted octanol–water partition coefficient (Wildman–Crippen LogP) is 11.1. The summed E-state index contributed by atoms with van der Waals surface area (Å²) in [6, 6.07) is 0. The van der Waals surface area contributed by atoms with Crippen LogP contribution in [0.5, 0.6) is 0 Å². The summed E-state index contributed by atoms with van der Waals surface area (Å²) in [5, 5.41) is 18.3. The number of aliphatic hydroxyl groups is 2. The second-order valence-corrected chi connectivity index (χ2v) is 15.5. The van der Waals surface area contributed by atoms with E-state index in [9.17, 15) is 24.2 Å². The minimum atomic E-state index is -4.63. The number of phosphoric acid groups is 1. The highest BCUT2D eigenvalue weighted by atomic mass is 31.2. The molecule has 0 aliphatic heterocycles. The Morgan fingerprint density at radius 3 is 1.42 bits per heavy atom. The monoisotopic (exact) mass is 797 g/mol. The van der Waals surface area contributed by atoms with E-state index in [0.29, 0.717) is 12.8 Å². The van der Waals surface area contributed by atoms with Gasteiger partial charge in [-0.15, -0.1) is 0 Å². The summed E-state index contributed by atoms with van der Waals surface area (Å²) >= 11 is 0. The minimum absolute atomic E-state index is 0.153. The van der Waals surface area contributed by atoms with E-state index in [1.807, 2.05) is 0 Å². The van der Waals surface area contributed by atoms with Gasteiger partial charge in [-0.2, -0.15) is 0 Å². The van der Waals surface area contributed by atoms with Crippen LogP contribution in [-0.2, 0) is 32.7 Å².